The van der Waals surface area contributed by atoms with Gasteiger partial charge in [-0.1, -0.05) is 6.07 Å². The lowest BCUT2D eigenvalue weighted by Gasteiger charge is -2.37. The predicted octanol–water partition coefficient (Wildman–Crippen LogP) is 1.37. The van der Waals surface area contributed by atoms with E-state index in [1.807, 2.05) is 13.8 Å². The van der Waals surface area contributed by atoms with E-state index in [2.05, 4.69) is 0 Å². The molecule has 0 aliphatic carbocycles. The van der Waals surface area contributed by atoms with E-state index in [1.54, 1.807) is 17.0 Å². The van der Waals surface area contributed by atoms with Crippen LogP contribution < -0.4 is 0 Å². The summed E-state index contributed by atoms with van der Waals surface area (Å²) >= 11 is 0. The zero-order valence-electron chi connectivity index (χ0n) is 11.4. The molecule has 3 atom stereocenters. The number of hydrogen-bond donors (Lipinski definition) is 1. The molecule has 1 aliphatic heterocycles. The van der Waals surface area contributed by atoms with E-state index in [9.17, 15) is 13.8 Å². The third-order valence-corrected chi connectivity index (χ3v) is 5.54. The summed E-state index contributed by atoms with van der Waals surface area (Å²) in [6.07, 6.45) is 0. The number of hydrogen-bond acceptors (Lipinski definition) is 3. The smallest absolute Gasteiger partial charge is 0.335 e. The highest BCUT2D eigenvalue weighted by Crippen LogP contribution is 2.19. The molecule has 6 heteroatoms. The van der Waals surface area contributed by atoms with Crippen LogP contribution in [0.5, 0.6) is 0 Å². The summed E-state index contributed by atoms with van der Waals surface area (Å²) in [5.41, 5.74) is 0.453. The van der Waals surface area contributed by atoms with Gasteiger partial charge in [0.1, 0.15) is 0 Å². The van der Waals surface area contributed by atoms with E-state index in [4.69, 9.17) is 5.11 Å². The summed E-state index contributed by atoms with van der Waals surface area (Å²) in [5, 5.41) is 8.89. The Morgan fingerprint density at radius 2 is 1.95 bits per heavy atom. The van der Waals surface area contributed by atoms with Crippen molar-refractivity contribution in [1.29, 1.82) is 0 Å². The number of carbonyl (C=O) groups excluding carboxylic acids is 1. The van der Waals surface area contributed by atoms with Crippen molar-refractivity contribution in [3.8, 4) is 0 Å². The van der Waals surface area contributed by atoms with Gasteiger partial charge in [0.15, 0.2) is 0 Å². The van der Waals surface area contributed by atoms with E-state index in [-0.39, 0.29) is 22.8 Å². The molecule has 1 N–H and O–H groups in total. The maximum Gasteiger partial charge on any atom is 0.335 e. The van der Waals surface area contributed by atoms with Crippen LogP contribution in [0.25, 0.3) is 0 Å². The monoisotopic (exact) mass is 295 g/mol. The highest BCUT2D eigenvalue weighted by atomic mass is 32.2. The number of benzene rings is 1. The Hall–Kier alpha value is -1.69. The van der Waals surface area contributed by atoms with Crippen molar-refractivity contribution in [1.82, 2.24) is 4.90 Å². The molecule has 1 heterocycles. The number of carbonyl (C=O) groups is 2. The van der Waals surface area contributed by atoms with Crippen molar-refractivity contribution in [3.05, 3.63) is 35.4 Å². The third kappa shape index (κ3) is 2.75. The zero-order chi connectivity index (χ0) is 14.9. The zero-order valence-corrected chi connectivity index (χ0v) is 12.2. The molecule has 1 saturated heterocycles. The predicted molar refractivity (Wildman–Crippen MR) is 76.4 cm³/mol. The van der Waals surface area contributed by atoms with Crippen LogP contribution >= 0.6 is 0 Å². The topological polar surface area (TPSA) is 74.7 Å². The van der Waals surface area contributed by atoms with Crippen LogP contribution in [0.3, 0.4) is 0 Å². The van der Waals surface area contributed by atoms with Crippen LogP contribution in [-0.2, 0) is 10.8 Å². The minimum atomic E-state index is -1.05. The minimum absolute atomic E-state index is 0.0737. The van der Waals surface area contributed by atoms with Gasteiger partial charge >= 0.3 is 5.97 Å². The summed E-state index contributed by atoms with van der Waals surface area (Å²) in [6, 6.07) is 5.89. The Morgan fingerprint density at radius 3 is 2.60 bits per heavy atom. The van der Waals surface area contributed by atoms with E-state index >= 15 is 0 Å². The molecule has 1 aromatic rings. The first-order valence-corrected chi connectivity index (χ1v) is 7.81. The summed E-state index contributed by atoms with van der Waals surface area (Å²) in [7, 11) is -0.908. The molecule has 1 aromatic carbocycles. The third-order valence-electron chi connectivity index (χ3n) is 3.74. The number of aromatic carboxylic acids is 1. The van der Waals surface area contributed by atoms with Crippen LogP contribution in [0.2, 0.25) is 0 Å². The molecule has 1 fully saturated rings. The maximum absolute atomic E-state index is 12.5. The molecule has 20 heavy (non-hydrogen) atoms. The number of carboxylic acids is 1. The molecular formula is C14H17NO4S. The first-order chi connectivity index (χ1) is 9.41. The summed E-state index contributed by atoms with van der Waals surface area (Å²) in [4.78, 5) is 25.1. The molecule has 108 valence electrons. The highest BCUT2D eigenvalue weighted by molar-refractivity contribution is 7.85. The second-order valence-electron chi connectivity index (χ2n) is 4.92. The van der Waals surface area contributed by atoms with Crippen molar-refractivity contribution >= 4 is 22.7 Å². The normalized spacial score (nSPS) is 26.3. The van der Waals surface area contributed by atoms with Crippen LogP contribution in [0.1, 0.15) is 34.6 Å². The molecule has 0 aromatic heterocycles. The number of carboxylic acid groups (broad SMARTS) is 1. The van der Waals surface area contributed by atoms with Gasteiger partial charge in [-0.05, 0) is 32.0 Å². The van der Waals surface area contributed by atoms with Crippen LogP contribution in [-0.4, -0.2) is 49.7 Å². The van der Waals surface area contributed by atoms with Gasteiger partial charge in [-0.15, -0.1) is 0 Å². The summed E-state index contributed by atoms with van der Waals surface area (Å²) in [5.74, 6) is -0.791. The molecule has 1 aliphatic rings. The average Bonchev–Trinajstić information content (AvgIpc) is 2.44. The Bertz CT molecular complexity index is 572. The standard InChI is InChI=1S/C14H17NO4S/c1-9-10(2)20(19)7-6-15(9)13(16)11-4-3-5-12(8-11)14(17)18/h3-5,8-10H,6-7H2,1-2H3,(H,17,18). The Labute approximate surface area is 120 Å². The van der Waals surface area contributed by atoms with Crippen molar-refractivity contribution < 1.29 is 18.9 Å². The fourth-order valence-electron chi connectivity index (χ4n) is 2.29. The average molecular weight is 295 g/mol. The molecule has 0 spiro atoms. The lowest BCUT2D eigenvalue weighted by atomic mass is 10.1. The SMILES string of the molecule is CC1C(C)S(=O)CCN1C(=O)c1cccc(C(=O)O)c1. The van der Waals surface area contributed by atoms with Crippen molar-refractivity contribution in [2.45, 2.75) is 25.1 Å². The van der Waals surface area contributed by atoms with E-state index in [1.165, 1.54) is 12.1 Å². The van der Waals surface area contributed by atoms with Gasteiger partial charge in [-0.25, -0.2) is 4.79 Å². The van der Waals surface area contributed by atoms with Crippen LogP contribution in [0, 0.1) is 0 Å². The number of rotatable bonds is 2. The molecule has 3 unspecified atom stereocenters. The van der Waals surface area contributed by atoms with Crippen LogP contribution in [0.4, 0.5) is 0 Å². The first-order valence-electron chi connectivity index (χ1n) is 6.43. The maximum atomic E-state index is 12.5. The molecule has 0 saturated carbocycles. The van der Waals surface area contributed by atoms with Crippen LogP contribution in [0.15, 0.2) is 24.3 Å². The van der Waals surface area contributed by atoms with Crippen molar-refractivity contribution in [2.24, 2.45) is 0 Å². The van der Waals surface area contributed by atoms with Crippen molar-refractivity contribution in [2.75, 3.05) is 12.3 Å². The van der Waals surface area contributed by atoms with Gasteiger partial charge in [0.2, 0.25) is 0 Å². The van der Waals surface area contributed by atoms with Gasteiger partial charge in [-0.3, -0.25) is 9.00 Å². The molecule has 1 amide bonds. The Morgan fingerprint density at radius 1 is 1.30 bits per heavy atom. The van der Waals surface area contributed by atoms with E-state index < -0.39 is 16.8 Å². The molecule has 0 radical (unpaired) electrons. The summed E-state index contributed by atoms with van der Waals surface area (Å²) in [6.45, 7) is 4.18. The second-order valence-corrected chi connectivity index (χ2v) is 6.83. The number of nitrogens with zero attached hydrogens (tertiary/aromatic N) is 1. The fourth-order valence-corrected chi connectivity index (χ4v) is 3.62. The molecule has 0 bridgehead atoms. The van der Waals surface area contributed by atoms with Gasteiger partial charge in [0, 0.05) is 34.7 Å². The van der Waals surface area contributed by atoms with Gasteiger partial charge in [-0.2, -0.15) is 0 Å². The van der Waals surface area contributed by atoms with Gasteiger partial charge in [0.25, 0.3) is 5.91 Å². The first kappa shape index (κ1) is 14.7. The number of amides is 1. The fraction of sp³-hybridized carbons (Fsp3) is 0.429. The largest absolute Gasteiger partial charge is 0.478 e. The van der Waals surface area contributed by atoms with Crippen molar-refractivity contribution in [3.63, 3.8) is 0 Å². The van der Waals surface area contributed by atoms with Gasteiger partial charge < -0.3 is 10.0 Å². The quantitative estimate of drug-likeness (QED) is 0.894. The Kier molecular flexibility index (Phi) is 4.23. The van der Waals surface area contributed by atoms with Gasteiger partial charge in [0.05, 0.1) is 10.8 Å². The lowest BCUT2D eigenvalue weighted by molar-refractivity contribution is 0.0695. The molecule has 2 rings (SSSR count). The lowest BCUT2D eigenvalue weighted by Crippen LogP contribution is -2.52. The summed E-state index contributed by atoms with van der Waals surface area (Å²) < 4.78 is 11.7. The second kappa shape index (κ2) is 5.75. The van der Waals surface area contributed by atoms with E-state index in [0.29, 0.717) is 17.9 Å². The van der Waals surface area contributed by atoms with E-state index in [0.717, 1.165) is 0 Å². The molecular weight excluding hydrogens is 278 g/mol. The highest BCUT2D eigenvalue weighted by Gasteiger charge is 2.33. The minimum Gasteiger partial charge on any atom is -0.478 e. The molecule has 5 nitrogen and oxygen atoms in total. The Balaban J connectivity index is 2.25.